The number of hydrogen-bond donors (Lipinski definition) is 0. The van der Waals surface area contributed by atoms with Gasteiger partial charge in [-0.05, 0) is 30.9 Å². The summed E-state index contributed by atoms with van der Waals surface area (Å²) in [6.45, 7) is 8.32. The molecular weight excluding hydrogens is 320 g/mol. The predicted molar refractivity (Wildman–Crippen MR) is 94.8 cm³/mol. The Morgan fingerprint density at radius 3 is 2.64 bits per heavy atom. The molecule has 1 aromatic heterocycles. The van der Waals surface area contributed by atoms with Crippen molar-refractivity contribution in [3.05, 3.63) is 24.2 Å². The van der Waals surface area contributed by atoms with Crippen molar-refractivity contribution in [2.75, 3.05) is 26.2 Å². The maximum atomic E-state index is 12.9. The second kappa shape index (κ2) is 9.61. The van der Waals surface area contributed by atoms with Crippen LogP contribution in [0, 0.1) is 5.92 Å². The zero-order valence-electron chi connectivity index (χ0n) is 15.6. The Morgan fingerprint density at radius 2 is 2.08 bits per heavy atom. The summed E-state index contributed by atoms with van der Waals surface area (Å²) in [5.74, 6) is 1.01. The van der Waals surface area contributed by atoms with Crippen LogP contribution in [-0.2, 0) is 20.9 Å². The van der Waals surface area contributed by atoms with Gasteiger partial charge in [0.15, 0.2) is 0 Å². The molecule has 2 heterocycles. The number of carbonyl (C=O) groups excluding carboxylic acids is 2. The molecule has 1 aliphatic heterocycles. The van der Waals surface area contributed by atoms with Gasteiger partial charge in [0.25, 0.3) is 0 Å². The van der Waals surface area contributed by atoms with Gasteiger partial charge in [0.2, 0.25) is 11.8 Å². The fourth-order valence-electron chi connectivity index (χ4n) is 3.06. The van der Waals surface area contributed by atoms with Crippen LogP contribution >= 0.6 is 0 Å². The van der Waals surface area contributed by atoms with E-state index < -0.39 is 0 Å². The van der Waals surface area contributed by atoms with Crippen LogP contribution in [0.1, 0.15) is 45.8 Å². The van der Waals surface area contributed by atoms with E-state index in [0.29, 0.717) is 32.0 Å². The minimum Gasteiger partial charge on any atom is -0.467 e. The quantitative estimate of drug-likeness (QED) is 0.687. The van der Waals surface area contributed by atoms with Gasteiger partial charge in [-0.2, -0.15) is 0 Å². The van der Waals surface area contributed by atoms with Crippen LogP contribution in [0.5, 0.6) is 0 Å². The summed E-state index contributed by atoms with van der Waals surface area (Å²) >= 11 is 0. The highest BCUT2D eigenvalue weighted by atomic mass is 16.5. The molecule has 1 aromatic rings. The van der Waals surface area contributed by atoms with E-state index in [9.17, 15) is 9.59 Å². The average Bonchev–Trinajstić information content (AvgIpc) is 3.26. The zero-order chi connectivity index (χ0) is 18.2. The third-order valence-corrected chi connectivity index (χ3v) is 4.29. The lowest BCUT2D eigenvalue weighted by Gasteiger charge is -2.29. The summed E-state index contributed by atoms with van der Waals surface area (Å²) in [7, 11) is 0. The van der Waals surface area contributed by atoms with E-state index in [4.69, 9.17) is 9.15 Å². The maximum Gasteiger partial charge on any atom is 0.242 e. The topological polar surface area (TPSA) is 63.0 Å². The lowest BCUT2D eigenvalue weighted by molar-refractivity contribution is -0.142. The number of nitrogens with zero attached hydrogens (tertiary/aromatic N) is 2. The van der Waals surface area contributed by atoms with Crippen LogP contribution in [0.15, 0.2) is 22.8 Å². The maximum absolute atomic E-state index is 12.9. The first-order chi connectivity index (χ1) is 12.0. The average molecular weight is 350 g/mol. The number of amides is 2. The SMILES string of the molecule is CCC(=O)N(CC(=O)N(Cc1ccco1)C[C@H]1CCCO1)CC(C)C. The number of furan rings is 1. The molecule has 0 bridgehead atoms. The molecule has 0 spiro atoms. The molecule has 1 saturated heterocycles. The first-order valence-electron chi connectivity index (χ1n) is 9.19. The summed E-state index contributed by atoms with van der Waals surface area (Å²) in [6.07, 6.45) is 4.08. The minimum absolute atomic E-state index is 0.0112. The molecule has 1 atom stereocenters. The fourth-order valence-corrected chi connectivity index (χ4v) is 3.06. The van der Waals surface area contributed by atoms with Crippen molar-refractivity contribution in [3.63, 3.8) is 0 Å². The monoisotopic (exact) mass is 350 g/mol. The molecule has 0 aromatic carbocycles. The van der Waals surface area contributed by atoms with Gasteiger partial charge < -0.3 is 19.0 Å². The highest BCUT2D eigenvalue weighted by Gasteiger charge is 2.26. The van der Waals surface area contributed by atoms with E-state index in [1.54, 1.807) is 16.1 Å². The highest BCUT2D eigenvalue weighted by molar-refractivity contribution is 5.84. The lowest BCUT2D eigenvalue weighted by atomic mass is 10.2. The van der Waals surface area contributed by atoms with Crippen LogP contribution in [0.25, 0.3) is 0 Å². The first kappa shape index (κ1) is 19.5. The van der Waals surface area contributed by atoms with Crippen LogP contribution in [-0.4, -0.2) is 54.0 Å². The Morgan fingerprint density at radius 1 is 1.28 bits per heavy atom. The van der Waals surface area contributed by atoms with Crippen LogP contribution in [0.3, 0.4) is 0 Å². The fraction of sp³-hybridized carbons (Fsp3) is 0.684. The van der Waals surface area contributed by atoms with Crippen molar-refractivity contribution in [3.8, 4) is 0 Å². The summed E-state index contributed by atoms with van der Waals surface area (Å²) in [5, 5.41) is 0. The van der Waals surface area contributed by atoms with Gasteiger partial charge in [-0.1, -0.05) is 20.8 Å². The van der Waals surface area contributed by atoms with Crippen molar-refractivity contribution < 1.29 is 18.7 Å². The normalized spacial score (nSPS) is 17.0. The molecule has 1 aliphatic rings. The van der Waals surface area contributed by atoms with Crippen molar-refractivity contribution in [2.45, 2.75) is 52.7 Å². The molecule has 140 valence electrons. The van der Waals surface area contributed by atoms with Crippen LogP contribution in [0.2, 0.25) is 0 Å². The zero-order valence-corrected chi connectivity index (χ0v) is 15.6. The Balaban J connectivity index is 2.04. The Labute approximate surface area is 150 Å². The molecule has 0 radical (unpaired) electrons. The van der Waals surface area contributed by atoms with E-state index >= 15 is 0 Å². The van der Waals surface area contributed by atoms with Crippen molar-refractivity contribution in [2.24, 2.45) is 5.92 Å². The van der Waals surface area contributed by atoms with E-state index in [0.717, 1.165) is 25.2 Å². The summed E-state index contributed by atoms with van der Waals surface area (Å²) in [4.78, 5) is 28.5. The van der Waals surface area contributed by atoms with Gasteiger partial charge in [-0.15, -0.1) is 0 Å². The third kappa shape index (κ3) is 6.20. The van der Waals surface area contributed by atoms with Crippen molar-refractivity contribution in [1.82, 2.24) is 9.80 Å². The Kier molecular flexibility index (Phi) is 7.50. The molecule has 6 nitrogen and oxygen atoms in total. The highest BCUT2D eigenvalue weighted by Crippen LogP contribution is 2.16. The molecule has 0 unspecified atom stereocenters. The van der Waals surface area contributed by atoms with Gasteiger partial charge in [0.1, 0.15) is 5.76 Å². The minimum atomic E-state index is -0.0608. The Hall–Kier alpha value is -1.82. The van der Waals surface area contributed by atoms with Gasteiger partial charge >= 0.3 is 0 Å². The van der Waals surface area contributed by atoms with Gasteiger partial charge in [-0.25, -0.2) is 0 Å². The molecule has 0 N–H and O–H groups in total. The van der Waals surface area contributed by atoms with Crippen molar-refractivity contribution >= 4 is 11.8 Å². The second-order valence-electron chi connectivity index (χ2n) is 7.01. The van der Waals surface area contributed by atoms with Crippen molar-refractivity contribution in [1.29, 1.82) is 0 Å². The second-order valence-corrected chi connectivity index (χ2v) is 7.01. The molecule has 2 amide bonds. The van der Waals surface area contributed by atoms with E-state index in [-0.39, 0.29) is 24.5 Å². The van der Waals surface area contributed by atoms with E-state index in [2.05, 4.69) is 0 Å². The number of rotatable bonds is 9. The molecule has 0 aliphatic carbocycles. The van der Waals surface area contributed by atoms with Gasteiger partial charge in [-0.3, -0.25) is 9.59 Å². The summed E-state index contributed by atoms with van der Waals surface area (Å²) < 4.78 is 11.1. The van der Waals surface area contributed by atoms with Crippen LogP contribution in [0.4, 0.5) is 0 Å². The summed E-state index contributed by atoms with van der Waals surface area (Å²) in [5.41, 5.74) is 0. The molecule has 1 fully saturated rings. The van der Waals surface area contributed by atoms with Gasteiger partial charge in [0.05, 0.1) is 25.5 Å². The number of hydrogen-bond acceptors (Lipinski definition) is 4. The van der Waals surface area contributed by atoms with Crippen LogP contribution < -0.4 is 0 Å². The Bertz CT molecular complexity index is 536. The standard InChI is InChI=1S/C19H30N2O4/c1-4-18(22)20(11-15(2)3)14-19(23)21(12-16-7-5-9-24-16)13-17-8-6-10-25-17/h5,7,9,15,17H,4,6,8,10-14H2,1-3H3/t17-/m1/s1. The predicted octanol–water partition coefficient (Wildman–Crippen LogP) is 2.68. The lowest BCUT2D eigenvalue weighted by Crippen LogP contribution is -2.45. The summed E-state index contributed by atoms with van der Waals surface area (Å²) in [6, 6.07) is 3.68. The number of carbonyl (C=O) groups is 2. The first-order valence-corrected chi connectivity index (χ1v) is 9.19. The van der Waals surface area contributed by atoms with Gasteiger partial charge in [0, 0.05) is 26.1 Å². The molecule has 6 heteroatoms. The molecule has 0 saturated carbocycles. The largest absolute Gasteiger partial charge is 0.467 e. The van der Waals surface area contributed by atoms with E-state index in [1.807, 2.05) is 32.9 Å². The molecule has 2 rings (SSSR count). The van der Waals surface area contributed by atoms with E-state index in [1.165, 1.54) is 0 Å². The smallest absolute Gasteiger partial charge is 0.242 e. The third-order valence-electron chi connectivity index (χ3n) is 4.29. The molecule has 25 heavy (non-hydrogen) atoms. The number of ether oxygens (including phenoxy) is 1. The molecular formula is C19H30N2O4.